The van der Waals surface area contributed by atoms with E-state index in [2.05, 4.69) is 0 Å². The highest BCUT2D eigenvalue weighted by molar-refractivity contribution is 5.78. The van der Waals surface area contributed by atoms with Gasteiger partial charge in [-0.05, 0) is 46.9 Å². The van der Waals surface area contributed by atoms with Crippen LogP contribution in [0.2, 0.25) is 0 Å². The minimum Gasteiger partial charge on any atom is -0.489 e. The van der Waals surface area contributed by atoms with Gasteiger partial charge in [0.25, 0.3) is 0 Å². The molecule has 0 aliphatic carbocycles. The molecule has 0 radical (unpaired) electrons. The fourth-order valence-electron chi connectivity index (χ4n) is 2.80. The van der Waals surface area contributed by atoms with Gasteiger partial charge in [0.2, 0.25) is 6.20 Å². The minimum absolute atomic E-state index is 0.450. The molecular formula is C22H19NO3. The first-order chi connectivity index (χ1) is 12.6. The van der Waals surface area contributed by atoms with Crippen LogP contribution in [0.1, 0.15) is 16.7 Å². The van der Waals surface area contributed by atoms with Gasteiger partial charge in [0.15, 0.2) is 0 Å². The Morgan fingerprint density at radius 1 is 1.00 bits per heavy atom. The molecule has 26 heavy (non-hydrogen) atoms. The molecule has 0 aliphatic rings. The Balaban J connectivity index is 1.97. The molecule has 0 atom stereocenters. The van der Waals surface area contributed by atoms with E-state index in [-0.39, 0.29) is 0 Å². The Kier molecular flexibility index (Phi) is 5.44. The first-order valence-electron chi connectivity index (χ1n) is 8.32. The van der Waals surface area contributed by atoms with Crippen molar-refractivity contribution in [1.29, 1.82) is 0 Å². The van der Waals surface area contributed by atoms with Gasteiger partial charge >= 0.3 is 0 Å². The predicted octanol–water partition coefficient (Wildman–Crippen LogP) is 5.49. The lowest BCUT2D eigenvalue weighted by Gasteiger charge is -2.14. The number of nitrogens with zero attached hydrogens (tertiary/aromatic N) is 1. The molecule has 130 valence electrons. The summed E-state index contributed by atoms with van der Waals surface area (Å²) in [5.41, 5.74) is 4.73. The molecule has 0 N–H and O–H groups in total. The van der Waals surface area contributed by atoms with Crippen molar-refractivity contribution in [2.24, 2.45) is 0 Å². The Morgan fingerprint density at radius 2 is 1.65 bits per heavy atom. The van der Waals surface area contributed by atoms with Gasteiger partial charge in [0, 0.05) is 6.08 Å². The summed E-state index contributed by atoms with van der Waals surface area (Å²) in [7, 11) is 0. The average Bonchev–Trinajstić information content (AvgIpc) is 2.66. The Morgan fingerprint density at radius 3 is 2.31 bits per heavy atom. The van der Waals surface area contributed by atoms with E-state index in [9.17, 15) is 10.1 Å². The summed E-state index contributed by atoms with van der Waals surface area (Å²) in [4.78, 5) is 10.3. The third-order valence-corrected chi connectivity index (χ3v) is 4.06. The van der Waals surface area contributed by atoms with Crippen LogP contribution in [-0.4, -0.2) is 4.92 Å². The Labute approximate surface area is 152 Å². The second kappa shape index (κ2) is 8.12. The maximum absolute atomic E-state index is 10.8. The van der Waals surface area contributed by atoms with Gasteiger partial charge < -0.3 is 4.74 Å². The van der Waals surface area contributed by atoms with E-state index >= 15 is 0 Å². The summed E-state index contributed by atoms with van der Waals surface area (Å²) in [5, 5.41) is 10.8. The highest BCUT2D eigenvalue weighted by atomic mass is 16.6. The van der Waals surface area contributed by atoms with E-state index in [4.69, 9.17) is 4.74 Å². The smallest absolute Gasteiger partial charge is 0.235 e. The fraction of sp³-hybridized carbons (Fsp3) is 0.0909. The molecule has 0 amide bonds. The summed E-state index contributed by atoms with van der Waals surface area (Å²) >= 11 is 0. The molecule has 0 aliphatic heterocycles. The van der Waals surface area contributed by atoms with Crippen molar-refractivity contribution in [3.8, 4) is 16.9 Å². The van der Waals surface area contributed by atoms with Crippen LogP contribution in [0, 0.1) is 17.0 Å². The summed E-state index contributed by atoms with van der Waals surface area (Å²) in [5.74, 6) is 0.739. The van der Waals surface area contributed by atoms with E-state index in [0.717, 1.165) is 39.8 Å². The first-order valence-corrected chi connectivity index (χ1v) is 8.32. The van der Waals surface area contributed by atoms with Gasteiger partial charge in [0.1, 0.15) is 12.4 Å². The van der Waals surface area contributed by atoms with Gasteiger partial charge in [-0.3, -0.25) is 10.1 Å². The topological polar surface area (TPSA) is 52.4 Å². The molecule has 3 aromatic rings. The highest BCUT2D eigenvalue weighted by Gasteiger charge is 2.10. The standard InChI is InChI=1S/C22H19NO3/c1-17-14-20(26-16-18-8-4-2-5-9-18)15-22(19-10-6-3-7-11-19)21(17)12-13-23(24)25/h2-15H,16H2,1H3. The molecule has 4 heteroatoms. The Bertz CT molecular complexity index is 919. The number of rotatable bonds is 6. The lowest BCUT2D eigenvalue weighted by atomic mass is 9.95. The van der Waals surface area contributed by atoms with Gasteiger partial charge in [-0.25, -0.2) is 0 Å². The molecule has 4 nitrogen and oxygen atoms in total. The molecule has 0 unspecified atom stereocenters. The zero-order valence-electron chi connectivity index (χ0n) is 14.5. The van der Waals surface area contributed by atoms with E-state index in [1.165, 1.54) is 0 Å². The van der Waals surface area contributed by atoms with Crippen LogP contribution in [0.15, 0.2) is 79.0 Å². The monoisotopic (exact) mass is 345 g/mol. The number of nitro groups is 1. The molecule has 0 heterocycles. The van der Waals surface area contributed by atoms with E-state index in [1.807, 2.05) is 79.7 Å². The van der Waals surface area contributed by atoms with Crippen molar-refractivity contribution in [2.75, 3.05) is 0 Å². The third kappa shape index (κ3) is 4.36. The number of ether oxygens (including phenoxy) is 1. The van der Waals surface area contributed by atoms with E-state index in [0.29, 0.717) is 6.61 Å². The maximum atomic E-state index is 10.8. The van der Waals surface area contributed by atoms with Gasteiger partial charge in [0.05, 0.1) is 4.92 Å². The molecule has 0 fully saturated rings. The molecular weight excluding hydrogens is 326 g/mol. The molecule has 0 saturated carbocycles. The van der Waals surface area contributed by atoms with Crippen molar-refractivity contribution in [3.05, 3.63) is 106 Å². The molecule has 3 rings (SSSR count). The van der Waals surface area contributed by atoms with Gasteiger partial charge in [-0.2, -0.15) is 0 Å². The minimum atomic E-state index is -0.450. The van der Waals surface area contributed by atoms with Crippen molar-refractivity contribution >= 4 is 6.08 Å². The highest BCUT2D eigenvalue weighted by Crippen LogP contribution is 2.32. The van der Waals surface area contributed by atoms with Crippen LogP contribution < -0.4 is 4.74 Å². The van der Waals surface area contributed by atoms with Crippen LogP contribution in [-0.2, 0) is 6.61 Å². The predicted molar refractivity (Wildman–Crippen MR) is 103 cm³/mol. The molecule has 0 spiro atoms. The average molecular weight is 345 g/mol. The lowest BCUT2D eigenvalue weighted by molar-refractivity contribution is -0.400. The maximum Gasteiger partial charge on any atom is 0.235 e. The summed E-state index contributed by atoms with van der Waals surface area (Å²) in [6, 6.07) is 23.6. The quantitative estimate of drug-likeness (QED) is 0.438. The third-order valence-electron chi connectivity index (χ3n) is 4.06. The van der Waals surface area contributed by atoms with E-state index in [1.54, 1.807) is 6.08 Å². The van der Waals surface area contributed by atoms with Crippen LogP contribution in [0.3, 0.4) is 0 Å². The van der Waals surface area contributed by atoms with Crippen LogP contribution in [0.4, 0.5) is 0 Å². The van der Waals surface area contributed by atoms with E-state index < -0.39 is 4.92 Å². The van der Waals surface area contributed by atoms with Crippen molar-refractivity contribution < 1.29 is 9.66 Å². The van der Waals surface area contributed by atoms with Crippen LogP contribution in [0.5, 0.6) is 5.75 Å². The van der Waals surface area contributed by atoms with Gasteiger partial charge in [-0.15, -0.1) is 0 Å². The van der Waals surface area contributed by atoms with Crippen LogP contribution in [0.25, 0.3) is 17.2 Å². The number of hydrogen-bond acceptors (Lipinski definition) is 3. The van der Waals surface area contributed by atoms with Crippen molar-refractivity contribution in [3.63, 3.8) is 0 Å². The summed E-state index contributed by atoms with van der Waals surface area (Å²) < 4.78 is 5.96. The van der Waals surface area contributed by atoms with Gasteiger partial charge in [-0.1, -0.05) is 60.7 Å². The van der Waals surface area contributed by atoms with Crippen LogP contribution >= 0.6 is 0 Å². The number of aryl methyl sites for hydroxylation is 1. The zero-order valence-corrected chi connectivity index (χ0v) is 14.5. The van der Waals surface area contributed by atoms with Crippen molar-refractivity contribution in [1.82, 2.24) is 0 Å². The molecule has 0 saturated heterocycles. The Hall–Kier alpha value is -3.40. The number of benzene rings is 3. The molecule has 3 aromatic carbocycles. The molecule has 0 bridgehead atoms. The fourth-order valence-corrected chi connectivity index (χ4v) is 2.80. The molecule has 0 aromatic heterocycles. The largest absolute Gasteiger partial charge is 0.489 e. The van der Waals surface area contributed by atoms with Crippen molar-refractivity contribution in [2.45, 2.75) is 13.5 Å². The lowest BCUT2D eigenvalue weighted by Crippen LogP contribution is -1.97. The number of hydrogen-bond donors (Lipinski definition) is 0. The SMILES string of the molecule is Cc1cc(OCc2ccccc2)cc(-c2ccccc2)c1C=C[N+](=O)[O-]. The summed E-state index contributed by atoms with van der Waals surface area (Å²) in [6.07, 6.45) is 2.51. The zero-order chi connectivity index (χ0) is 18.4. The normalized spacial score (nSPS) is 10.8. The first kappa shape index (κ1) is 17.4. The summed E-state index contributed by atoms with van der Waals surface area (Å²) in [6.45, 7) is 2.40. The second-order valence-electron chi connectivity index (χ2n) is 5.94. The second-order valence-corrected chi connectivity index (χ2v) is 5.94.